The number of nitrogens with one attached hydrogen (secondary N) is 2. The molecule has 0 spiro atoms. The minimum absolute atomic E-state index is 0.264. The van der Waals surface area contributed by atoms with E-state index in [2.05, 4.69) is 10.6 Å². The molecule has 0 aromatic heterocycles. The van der Waals surface area contributed by atoms with Gasteiger partial charge in [0.2, 0.25) is 11.8 Å². The Morgan fingerprint density at radius 1 is 1.12 bits per heavy atom. The molecule has 2 amide bonds. The Morgan fingerprint density at radius 3 is 2.12 bits per heavy atom. The molecule has 0 heterocycles. The van der Waals surface area contributed by atoms with E-state index in [0.717, 1.165) is 0 Å². The molecule has 0 aromatic rings. The van der Waals surface area contributed by atoms with Gasteiger partial charge in [0.1, 0.15) is 12.1 Å². The molecule has 0 fully saturated rings. The van der Waals surface area contributed by atoms with Gasteiger partial charge in [0.15, 0.2) is 0 Å². The number of carbonyl (C=O) groups excluding carboxylic acids is 3. The van der Waals surface area contributed by atoms with Crippen molar-refractivity contribution in [3.05, 3.63) is 0 Å². The van der Waals surface area contributed by atoms with Crippen molar-refractivity contribution in [1.29, 1.82) is 0 Å². The van der Waals surface area contributed by atoms with Crippen molar-refractivity contribution in [2.75, 3.05) is 6.61 Å². The van der Waals surface area contributed by atoms with Crippen LogP contribution in [-0.4, -0.2) is 36.5 Å². The van der Waals surface area contributed by atoms with Gasteiger partial charge in [0, 0.05) is 6.92 Å². The molecule has 2 atom stereocenters. The van der Waals surface area contributed by atoms with Crippen molar-refractivity contribution in [3.8, 4) is 0 Å². The van der Waals surface area contributed by atoms with E-state index in [1.807, 2.05) is 0 Å². The first-order chi connectivity index (χ1) is 7.38. The molecular weight excluding hydrogens is 212 g/mol. The van der Waals surface area contributed by atoms with E-state index in [-0.39, 0.29) is 12.5 Å². The second-order valence-electron chi connectivity index (χ2n) is 3.40. The lowest BCUT2D eigenvalue weighted by Gasteiger charge is -2.16. The molecule has 0 rings (SSSR count). The first-order valence-electron chi connectivity index (χ1n) is 5.12. The minimum atomic E-state index is -0.719. The van der Waals surface area contributed by atoms with Crippen LogP contribution >= 0.6 is 0 Å². The number of hydrogen-bond acceptors (Lipinski definition) is 4. The highest BCUT2D eigenvalue weighted by molar-refractivity contribution is 5.89. The lowest BCUT2D eigenvalue weighted by Crippen LogP contribution is -2.49. The van der Waals surface area contributed by atoms with Crippen molar-refractivity contribution in [2.45, 2.75) is 39.8 Å². The van der Waals surface area contributed by atoms with Gasteiger partial charge in [-0.1, -0.05) is 0 Å². The normalized spacial score (nSPS) is 13.5. The molecule has 2 N–H and O–H groups in total. The average molecular weight is 230 g/mol. The largest absolute Gasteiger partial charge is 0.464 e. The van der Waals surface area contributed by atoms with E-state index in [4.69, 9.17) is 4.74 Å². The summed E-state index contributed by atoms with van der Waals surface area (Å²) in [7, 11) is 0. The third-order valence-electron chi connectivity index (χ3n) is 1.81. The van der Waals surface area contributed by atoms with Gasteiger partial charge in [-0.2, -0.15) is 0 Å². The Balaban J connectivity index is 4.12. The van der Waals surface area contributed by atoms with Crippen LogP contribution in [0.2, 0.25) is 0 Å². The molecule has 0 aliphatic heterocycles. The Kier molecular flexibility index (Phi) is 6.14. The molecule has 0 aliphatic rings. The molecule has 0 bridgehead atoms. The fourth-order valence-corrected chi connectivity index (χ4v) is 1.04. The summed E-state index contributed by atoms with van der Waals surface area (Å²) >= 11 is 0. The molecule has 6 heteroatoms. The Morgan fingerprint density at radius 2 is 1.69 bits per heavy atom. The van der Waals surface area contributed by atoms with Crippen molar-refractivity contribution >= 4 is 17.8 Å². The smallest absolute Gasteiger partial charge is 0.328 e. The highest BCUT2D eigenvalue weighted by atomic mass is 16.5. The van der Waals surface area contributed by atoms with Crippen LogP contribution in [0.4, 0.5) is 0 Å². The molecule has 0 aliphatic carbocycles. The van der Waals surface area contributed by atoms with Gasteiger partial charge >= 0.3 is 5.97 Å². The average Bonchev–Trinajstić information content (AvgIpc) is 2.16. The lowest BCUT2D eigenvalue weighted by molar-refractivity contribution is -0.147. The van der Waals surface area contributed by atoms with Gasteiger partial charge in [-0.15, -0.1) is 0 Å². The summed E-state index contributed by atoms with van der Waals surface area (Å²) in [5.41, 5.74) is 0. The highest BCUT2D eigenvalue weighted by Gasteiger charge is 2.20. The van der Waals surface area contributed by atoms with Crippen LogP contribution in [-0.2, 0) is 19.1 Å². The maximum atomic E-state index is 11.5. The van der Waals surface area contributed by atoms with Gasteiger partial charge in [-0.25, -0.2) is 4.79 Å². The van der Waals surface area contributed by atoms with Crippen molar-refractivity contribution in [3.63, 3.8) is 0 Å². The van der Waals surface area contributed by atoms with Crippen LogP contribution in [0.3, 0.4) is 0 Å². The molecule has 92 valence electrons. The number of ether oxygens (including phenoxy) is 1. The Labute approximate surface area is 94.7 Å². The lowest BCUT2D eigenvalue weighted by atomic mass is 10.2. The summed E-state index contributed by atoms with van der Waals surface area (Å²) in [5, 5.41) is 4.86. The SMILES string of the molecule is CCOC(=O)C(C)NC(=O)C(C)NC(C)=O. The highest BCUT2D eigenvalue weighted by Crippen LogP contribution is 1.90. The van der Waals surface area contributed by atoms with Crippen molar-refractivity contribution in [1.82, 2.24) is 10.6 Å². The number of carbonyl (C=O) groups is 3. The fraction of sp³-hybridized carbons (Fsp3) is 0.700. The molecule has 0 saturated carbocycles. The van der Waals surface area contributed by atoms with Crippen LogP contribution < -0.4 is 10.6 Å². The van der Waals surface area contributed by atoms with E-state index in [1.54, 1.807) is 6.92 Å². The zero-order valence-electron chi connectivity index (χ0n) is 9.99. The van der Waals surface area contributed by atoms with Crippen molar-refractivity contribution in [2.24, 2.45) is 0 Å². The van der Waals surface area contributed by atoms with Gasteiger partial charge in [-0.3, -0.25) is 9.59 Å². The first kappa shape index (κ1) is 14.4. The third-order valence-corrected chi connectivity index (χ3v) is 1.81. The Bertz CT molecular complexity index is 278. The first-order valence-corrected chi connectivity index (χ1v) is 5.12. The maximum Gasteiger partial charge on any atom is 0.328 e. The maximum absolute atomic E-state index is 11.5. The molecular formula is C10H18N2O4. The van der Waals surface area contributed by atoms with Crippen molar-refractivity contribution < 1.29 is 19.1 Å². The van der Waals surface area contributed by atoms with Crippen LogP contribution in [0.5, 0.6) is 0 Å². The second-order valence-corrected chi connectivity index (χ2v) is 3.40. The topological polar surface area (TPSA) is 84.5 Å². The molecule has 0 saturated heterocycles. The van der Waals surface area contributed by atoms with Crippen LogP contribution in [0.15, 0.2) is 0 Å². The summed E-state index contributed by atoms with van der Waals surface area (Å²) in [6.07, 6.45) is 0. The minimum Gasteiger partial charge on any atom is -0.464 e. The standard InChI is InChI=1S/C10H18N2O4/c1-5-16-10(15)7(3)12-9(14)6(2)11-8(4)13/h6-7H,5H2,1-4H3,(H,11,13)(H,12,14). The quantitative estimate of drug-likeness (QED) is 0.628. The van der Waals surface area contributed by atoms with Gasteiger partial charge in [0.25, 0.3) is 0 Å². The zero-order valence-corrected chi connectivity index (χ0v) is 9.99. The van der Waals surface area contributed by atoms with E-state index in [0.29, 0.717) is 0 Å². The molecule has 6 nitrogen and oxygen atoms in total. The van der Waals surface area contributed by atoms with E-state index >= 15 is 0 Å². The van der Waals surface area contributed by atoms with E-state index in [9.17, 15) is 14.4 Å². The van der Waals surface area contributed by atoms with E-state index in [1.165, 1.54) is 20.8 Å². The monoisotopic (exact) mass is 230 g/mol. The van der Waals surface area contributed by atoms with Gasteiger partial charge in [-0.05, 0) is 20.8 Å². The summed E-state index contributed by atoms with van der Waals surface area (Å²) in [4.78, 5) is 33.4. The number of rotatable bonds is 5. The second kappa shape index (κ2) is 6.81. The summed E-state index contributed by atoms with van der Waals surface area (Å²) in [6, 6.07) is -1.39. The zero-order chi connectivity index (χ0) is 12.7. The number of amides is 2. The molecule has 2 unspecified atom stereocenters. The van der Waals surface area contributed by atoms with E-state index < -0.39 is 24.0 Å². The predicted molar refractivity (Wildman–Crippen MR) is 57.5 cm³/mol. The van der Waals surface area contributed by atoms with Crippen LogP contribution in [0.25, 0.3) is 0 Å². The summed E-state index contributed by atoms with van der Waals surface area (Å²) < 4.78 is 4.72. The summed E-state index contributed by atoms with van der Waals surface area (Å²) in [5.74, 6) is -1.21. The van der Waals surface area contributed by atoms with Gasteiger partial charge in [0.05, 0.1) is 6.61 Å². The van der Waals surface area contributed by atoms with Crippen LogP contribution in [0, 0.1) is 0 Å². The molecule has 0 aromatic carbocycles. The van der Waals surface area contributed by atoms with Crippen LogP contribution in [0.1, 0.15) is 27.7 Å². The molecule has 16 heavy (non-hydrogen) atoms. The number of esters is 1. The third kappa shape index (κ3) is 5.33. The fourth-order valence-electron chi connectivity index (χ4n) is 1.04. The predicted octanol–water partition coefficient (Wildman–Crippen LogP) is -0.421. The van der Waals surface area contributed by atoms with Gasteiger partial charge < -0.3 is 15.4 Å². The molecule has 0 radical (unpaired) electrons. The number of hydrogen-bond donors (Lipinski definition) is 2. The Hall–Kier alpha value is -1.59. The summed E-state index contributed by atoms with van der Waals surface area (Å²) in [6.45, 7) is 6.33.